The van der Waals surface area contributed by atoms with Gasteiger partial charge < -0.3 is 5.11 Å². The molecule has 64 valence electrons. The quantitative estimate of drug-likeness (QED) is 0.740. The van der Waals surface area contributed by atoms with E-state index >= 15 is 0 Å². The van der Waals surface area contributed by atoms with Gasteiger partial charge in [-0.25, -0.2) is 0 Å². The van der Waals surface area contributed by atoms with E-state index in [0.29, 0.717) is 11.6 Å². The highest BCUT2D eigenvalue weighted by molar-refractivity contribution is 6.36. The summed E-state index contributed by atoms with van der Waals surface area (Å²) in [6.45, 7) is 0.318. The van der Waals surface area contributed by atoms with E-state index in [4.69, 9.17) is 28.3 Å². The predicted molar refractivity (Wildman–Crippen MR) is 44.9 cm³/mol. The lowest BCUT2D eigenvalue weighted by molar-refractivity contribution is -0.137. The first-order valence-corrected chi connectivity index (χ1v) is 3.72. The van der Waals surface area contributed by atoms with Gasteiger partial charge in [0.15, 0.2) is 0 Å². The van der Waals surface area contributed by atoms with Crippen molar-refractivity contribution < 1.29 is 9.90 Å². The second-order valence-corrected chi connectivity index (χ2v) is 2.83. The van der Waals surface area contributed by atoms with Crippen molar-refractivity contribution in [2.45, 2.75) is 0 Å². The average Bonchev–Trinajstić information content (AvgIpc) is 1.85. The third-order valence-electron chi connectivity index (χ3n) is 0.945. The van der Waals surface area contributed by atoms with Crippen LogP contribution in [0, 0.1) is 0 Å². The molecule has 0 spiro atoms. The lowest BCUT2D eigenvalue weighted by Crippen LogP contribution is -2.26. The van der Waals surface area contributed by atoms with Gasteiger partial charge in [0.05, 0.1) is 6.54 Å². The summed E-state index contributed by atoms with van der Waals surface area (Å²) in [7, 11) is 1.65. The Bertz CT molecular complexity index is 170. The first kappa shape index (κ1) is 10.8. The molecule has 0 saturated heterocycles. The minimum Gasteiger partial charge on any atom is -0.480 e. The summed E-state index contributed by atoms with van der Waals surface area (Å²) in [5.41, 5.74) is 1.22. The van der Waals surface area contributed by atoms with E-state index in [1.807, 2.05) is 0 Å². The molecule has 0 aromatic rings. The van der Waals surface area contributed by atoms with E-state index in [1.54, 1.807) is 11.9 Å². The summed E-state index contributed by atoms with van der Waals surface area (Å²) in [6, 6.07) is 0. The van der Waals surface area contributed by atoms with Gasteiger partial charge in [-0.3, -0.25) is 9.69 Å². The Morgan fingerprint density at radius 2 is 2.18 bits per heavy atom. The van der Waals surface area contributed by atoms with Crippen LogP contribution in [0.25, 0.3) is 0 Å². The van der Waals surface area contributed by atoms with E-state index in [2.05, 4.69) is 0 Å². The molecule has 0 heterocycles. The number of hydrogen-bond acceptors (Lipinski definition) is 2. The zero-order chi connectivity index (χ0) is 8.85. The van der Waals surface area contributed by atoms with Crippen molar-refractivity contribution >= 4 is 29.2 Å². The SMILES string of the molecule is CN(CC(=O)O)CC(Cl)=CCl. The molecule has 0 rings (SSSR count). The van der Waals surface area contributed by atoms with Gasteiger partial charge in [-0.15, -0.1) is 0 Å². The van der Waals surface area contributed by atoms with Gasteiger partial charge in [0.25, 0.3) is 0 Å². The molecule has 0 aliphatic heterocycles. The van der Waals surface area contributed by atoms with Crippen LogP contribution in [0.1, 0.15) is 0 Å². The zero-order valence-corrected chi connectivity index (χ0v) is 7.56. The fourth-order valence-electron chi connectivity index (χ4n) is 0.579. The minimum atomic E-state index is -0.883. The zero-order valence-electron chi connectivity index (χ0n) is 6.05. The van der Waals surface area contributed by atoms with Crippen LogP contribution in [0.4, 0.5) is 0 Å². The van der Waals surface area contributed by atoms with Crippen LogP contribution in [0.2, 0.25) is 0 Å². The summed E-state index contributed by atoms with van der Waals surface area (Å²) in [6.07, 6.45) is 0. The van der Waals surface area contributed by atoms with E-state index in [0.717, 1.165) is 0 Å². The van der Waals surface area contributed by atoms with E-state index < -0.39 is 5.97 Å². The van der Waals surface area contributed by atoms with Crippen LogP contribution >= 0.6 is 23.2 Å². The van der Waals surface area contributed by atoms with Crippen LogP contribution in [-0.2, 0) is 4.79 Å². The topological polar surface area (TPSA) is 40.5 Å². The number of rotatable bonds is 4. The second kappa shape index (κ2) is 5.41. The number of halogens is 2. The fraction of sp³-hybridized carbons (Fsp3) is 0.500. The van der Waals surface area contributed by atoms with Crippen LogP contribution in [0.5, 0.6) is 0 Å². The molecule has 0 aliphatic rings. The monoisotopic (exact) mass is 197 g/mol. The number of nitrogens with zero attached hydrogens (tertiary/aromatic N) is 1. The lowest BCUT2D eigenvalue weighted by atomic mass is 10.5. The van der Waals surface area contributed by atoms with Crippen molar-refractivity contribution in [1.29, 1.82) is 0 Å². The molecule has 0 aliphatic carbocycles. The van der Waals surface area contributed by atoms with Gasteiger partial charge in [0.1, 0.15) is 0 Å². The number of carboxylic acid groups (broad SMARTS) is 1. The molecule has 5 heteroatoms. The first-order chi connectivity index (χ1) is 5.06. The standard InChI is InChI=1S/C6H9Cl2NO2/c1-9(4-6(10)11)3-5(8)2-7/h2H,3-4H2,1H3,(H,10,11). The molecule has 0 radical (unpaired) electrons. The summed E-state index contributed by atoms with van der Waals surface area (Å²) in [5.74, 6) is -0.883. The normalized spacial score (nSPS) is 12.2. The molecule has 0 fully saturated rings. The Hall–Kier alpha value is -0.250. The van der Waals surface area contributed by atoms with Crippen molar-refractivity contribution in [1.82, 2.24) is 4.90 Å². The molecule has 0 aromatic heterocycles. The predicted octanol–water partition coefficient (Wildman–Crippen LogP) is 1.32. The summed E-state index contributed by atoms with van der Waals surface area (Å²) >= 11 is 10.8. The molecule has 0 unspecified atom stereocenters. The van der Waals surface area contributed by atoms with Gasteiger partial charge in [-0.2, -0.15) is 0 Å². The largest absolute Gasteiger partial charge is 0.480 e. The third kappa shape index (κ3) is 6.16. The molecule has 0 amide bonds. The molecular weight excluding hydrogens is 189 g/mol. The number of likely N-dealkylation sites (N-methyl/N-ethyl adjacent to an activating group) is 1. The molecule has 11 heavy (non-hydrogen) atoms. The molecule has 0 saturated carbocycles. The van der Waals surface area contributed by atoms with Gasteiger partial charge >= 0.3 is 5.97 Å². The Morgan fingerprint density at radius 1 is 1.64 bits per heavy atom. The van der Waals surface area contributed by atoms with Gasteiger partial charge in [0.2, 0.25) is 0 Å². The number of carboxylic acids is 1. The summed E-state index contributed by atoms with van der Waals surface area (Å²) in [5, 5.41) is 8.76. The van der Waals surface area contributed by atoms with Crippen LogP contribution in [0.15, 0.2) is 10.6 Å². The van der Waals surface area contributed by atoms with Crippen LogP contribution in [-0.4, -0.2) is 36.1 Å². The lowest BCUT2D eigenvalue weighted by Gasteiger charge is -2.11. The highest BCUT2D eigenvalue weighted by atomic mass is 35.5. The van der Waals surface area contributed by atoms with Gasteiger partial charge in [0, 0.05) is 17.1 Å². The van der Waals surface area contributed by atoms with Crippen molar-refractivity contribution in [3.63, 3.8) is 0 Å². The van der Waals surface area contributed by atoms with Crippen LogP contribution in [0.3, 0.4) is 0 Å². The third-order valence-corrected chi connectivity index (χ3v) is 1.55. The maximum absolute atomic E-state index is 10.1. The first-order valence-electron chi connectivity index (χ1n) is 2.91. The minimum absolute atomic E-state index is 0.0407. The van der Waals surface area contributed by atoms with E-state index in [-0.39, 0.29) is 6.54 Å². The number of carbonyl (C=O) groups is 1. The molecular formula is C6H9Cl2NO2. The molecule has 0 aromatic carbocycles. The molecule has 1 N–H and O–H groups in total. The van der Waals surface area contributed by atoms with Crippen molar-refractivity contribution in [3.05, 3.63) is 10.6 Å². The van der Waals surface area contributed by atoms with Crippen molar-refractivity contribution in [2.75, 3.05) is 20.1 Å². The molecule has 3 nitrogen and oxygen atoms in total. The van der Waals surface area contributed by atoms with Gasteiger partial charge in [-0.1, -0.05) is 23.2 Å². The van der Waals surface area contributed by atoms with Gasteiger partial charge in [-0.05, 0) is 7.05 Å². The molecule has 0 bridgehead atoms. The highest BCUT2D eigenvalue weighted by Crippen LogP contribution is 2.04. The number of hydrogen-bond donors (Lipinski definition) is 1. The smallest absolute Gasteiger partial charge is 0.317 e. The number of aliphatic carboxylic acids is 1. The van der Waals surface area contributed by atoms with E-state index in [9.17, 15) is 4.79 Å². The molecule has 0 atom stereocenters. The average molecular weight is 198 g/mol. The fourth-order valence-corrected chi connectivity index (χ4v) is 0.852. The maximum Gasteiger partial charge on any atom is 0.317 e. The maximum atomic E-state index is 10.1. The Labute approximate surface area is 75.2 Å². The Morgan fingerprint density at radius 3 is 2.55 bits per heavy atom. The highest BCUT2D eigenvalue weighted by Gasteiger charge is 2.04. The Kier molecular flexibility index (Phi) is 5.28. The Balaban J connectivity index is 3.69. The summed E-state index contributed by atoms with van der Waals surface area (Å²) < 4.78 is 0. The second-order valence-electron chi connectivity index (χ2n) is 2.12. The summed E-state index contributed by atoms with van der Waals surface area (Å²) in [4.78, 5) is 11.7. The van der Waals surface area contributed by atoms with E-state index in [1.165, 1.54) is 5.54 Å². The van der Waals surface area contributed by atoms with Crippen molar-refractivity contribution in [3.8, 4) is 0 Å². The van der Waals surface area contributed by atoms with Crippen molar-refractivity contribution in [2.24, 2.45) is 0 Å². The van der Waals surface area contributed by atoms with Crippen LogP contribution < -0.4 is 0 Å².